The Bertz CT molecular complexity index is 350. The fourth-order valence-electron chi connectivity index (χ4n) is 2.38. The zero-order chi connectivity index (χ0) is 11.5. The lowest BCUT2D eigenvalue weighted by Crippen LogP contribution is -2.37. The molecule has 1 aliphatic heterocycles. The van der Waals surface area contributed by atoms with Crippen molar-refractivity contribution < 1.29 is 5.11 Å². The van der Waals surface area contributed by atoms with Gasteiger partial charge in [-0.3, -0.25) is 4.90 Å². The van der Waals surface area contributed by atoms with E-state index in [4.69, 9.17) is 0 Å². The minimum atomic E-state index is 0.425. The monoisotopic (exact) mass is 219 g/mol. The van der Waals surface area contributed by atoms with Gasteiger partial charge in [0.1, 0.15) is 5.75 Å². The summed E-state index contributed by atoms with van der Waals surface area (Å²) in [5, 5.41) is 9.73. The van der Waals surface area contributed by atoms with Crippen molar-refractivity contribution in [2.75, 3.05) is 13.1 Å². The highest BCUT2D eigenvalue weighted by Gasteiger charge is 2.22. The highest BCUT2D eigenvalue weighted by molar-refractivity contribution is 5.31. The SMILES string of the molecule is CC1CCN(Cc2ccccc2O)CC1C. The fourth-order valence-corrected chi connectivity index (χ4v) is 2.38. The lowest BCUT2D eigenvalue weighted by molar-refractivity contribution is 0.131. The summed E-state index contributed by atoms with van der Waals surface area (Å²) in [6, 6.07) is 7.65. The van der Waals surface area contributed by atoms with Gasteiger partial charge in [0.15, 0.2) is 0 Å². The van der Waals surface area contributed by atoms with Gasteiger partial charge in [-0.05, 0) is 30.9 Å². The fraction of sp³-hybridized carbons (Fsp3) is 0.571. The average molecular weight is 219 g/mol. The average Bonchev–Trinajstić information content (AvgIpc) is 2.27. The first-order chi connectivity index (χ1) is 7.66. The Morgan fingerprint density at radius 3 is 2.69 bits per heavy atom. The normalized spacial score (nSPS) is 26.9. The van der Waals surface area contributed by atoms with E-state index in [1.54, 1.807) is 6.07 Å². The van der Waals surface area contributed by atoms with E-state index in [-0.39, 0.29) is 0 Å². The number of hydrogen-bond acceptors (Lipinski definition) is 2. The van der Waals surface area contributed by atoms with Gasteiger partial charge in [0.2, 0.25) is 0 Å². The standard InChI is InChI=1S/C14H21NO/c1-11-7-8-15(9-12(11)2)10-13-5-3-4-6-14(13)16/h3-6,11-12,16H,7-10H2,1-2H3. The second-order valence-corrected chi connectivity index (χ2v) is 5.11. The molecule has 0 amide bonds. The lowest BCUT2D eigenvalue weighted by atomic mass is 9.88. The number of benzene rings is 1. The molecule has 1 heterocycles. The molecule has 2 rings (SSSR count). The number of aromatic hydroxyl groups is 1. The number of rotatable bonds is 2. The van der Waals surface area contributed by atoms with Crippen molar-refractivity contribution in [2.24, 2.45) is 11.8 Å². The van der Waals surface area contributed by atoms with Crippen LogP contribution in [0.4, 0.5) is 0 Å². The van der Waals surface area contributed by atoms with Crippen LogP contribution >= 0.6 is 0 Å². The molecule has 2 nitrogen and oxygen atoms in total. The second kappa shape index (κ2) is 4.88. The first kappa shape index (κ1) is 11.5. The molecule has 2 unspecified atom stereocenters. The van der Waals surface area contributed by atoms with Gasteiger partial charge in [0, 0.05) is 18.7 Å². The number of phenolic OH excluding ortho intramolecular Hbond substituents is 1. The van der Waals surface area contributed by atoms with Gasteiger partial charge >= 0.3 is 0 Å². The molecule has 1 fully saturated rings. The largest absolute Gasteiger partial charge is 0.508 e. The molecule has 1 aromatic carbocycles. The first-order valence-corrected chi connectivity index (χ1v) is 6.16. The van der Waals surface area contributed by atoms with Crippen molar-refractivity contribution in [1.82, 2.24) is 4.90 Å². The number of hydrogen-bond donors (Lipinski definition) is 1. The highest BCUT2D eigenvalue weighted by atomic mass is 16.3. The summed E-state index contributed by atoms with van der Waals surface area (Å²) in [6.07, 6.45) is 1.27. The molecule has 1 aliphatic rings. The smallest absolute Gasteiger partial charge is 0.120 e. The van der Waals surface area contributed by atoms with Crippen molar-refractivity contribution in [2.45, 2.75) is 26.8 Å². The number of likely N-dealkylation sites (tertiary alicyclic amines) is 1. The molecule has 1 N–H and O–H groups in total. The molecule has 16 heavy (non-hydrogen) atoms. The minimum Gasteiger partial charge on any atom is -0.508 e. The summed E-state index contributed by atoms with van der Waals surface area (Å²) in [4.78, 5) is 2.44. The highest BCUT2D eigenvalue weighted by Crippen LogP contribution is 2.25. The Balaban J connectivity index is 1.98. The minimum absolute atomic E-state index is 0.425. The van der Waals surface area contributed by atoms with Gasteiger partial charge in [-0.15, -0.1) is 0 Å². The van der Waals surface area contributed by atoms with Crippen LogP contribution in [0.3, 0.4) is 0 Å². The molecule has 2 atom stereocenters. The summed E-state index contributed by atoms with van der Waals surface area (Å²) >= 11 is 0. The van der Waals surface area contributed by atoms with Crippen molar-refractivity contribution in [3.8, 4) is 5.75 Å². The van der Waals surface area contributed by atoms with E-state index in [9.17, 15) is 5.11 Å². The third-order valence-corrected chi connectivity index (χ3v) is 3.80. The summed E-state index contributed by atoms with van der Waals surface area (Å²) < 4.78 is 0. The predicted molar refractivity (Wildman–Crippen MR) is 66.3 cm³/mol. The van der Waals surface area contributed by atoms with Crippen LogP contribution in [0.25, 0.3) is 0 Å². The molecule has 0 radical (unpaired) electrons. The van der Waals surface area contributed by atoms with E-state index in [1.807, 2.05) is 18.2 Å². The zero-order valence-corrected chi connectivity index (χ0v) is 10.2. The molecule has 0 aromatic heterocycles. The van der Waals surface area contributed by atoms with Gasteiger partial charge in [0.25, 0.3) is 0 Å². The molecular formula is C14H21NO. The van der Waals surface area contributed by atoms with Crippen LogP contribution in [0.1, 0.15) is 25.8 Å². The molecule has 0 saturated carbocycles. The van der Waals surface area contributed by atoms with Crippen LogP contribution < -0.4 is 0 Å². The van der Waals surface area contributed by atoms with Gasteiger partial charge in [-0.25, -0.2) is 0 Å². The quantitative estimate of drug-likeness (QED) is 0.826. The molecule has 1 aromatic rings. The van der Waals surface area contributed by atoms with E-state index in [0.29, 0.717) is 5.75 Å². The molecule has 0 bridgehead atoms. The number of piperidine rings is 1. The lowest BCUT2D eigenvalue weighted by Gasteiger charge is -2.35. The molecule has 0 aliphatic carbocycles. The van der Waals surface area contributed by atoms with E-state index < -0.39 is 0 Å². The van der Waals surface area contributed by atoms with Crippen molar-refractivity contribution in [3.05, 3.63) is 29.8 Å². The van der Waals surface area contributed by atoms with Crippen molar-refractivity contribution in [3.63, 3.8) is 0 Å². The van der Waals surface area contributed by atoms with Crippen LogP contribution in [-0.2, 0) is 6.54 Å². The molecule has 2 heteroatoms. The molecular weight excluding hydrogens is 198 g/mol. The maximum atomic E-state index is 9.73. The third-order valence-electron chi connectivity index (χ3n) is 3.80. The number of nitrogens with zero attached hydrogens (tertiary/aromatic N) is 1. The van der Waals surface area contributed by atoms with Crippen molar-refractivity contribution >= 4 is 0 Å². The maximum absolute atomic E-state index is 9.73. The van der Waals surface area contributed by atoms with E-state index in [1.165, 1.54) is 6.42 Å². The summed E-state index contributed by atoms with van der Waals surface area (Å²) in [5.74, 6) is 2.02. The first-order valence-electron chi connectivity index (χ1n) is 6.16. The zero-order valence-electron chi connectivity index (χ0n) is 10.2. The molecule has 1 saturated heterocycles. The van der Waals surface area contributed by atoms with Crippen molar-refractivity contribution in [1.29, 1.82) is 0 Å². The third kappa shape index (κ3) is 2.56. The van der Waals surface area contributed by atoms with E-state index in [2.05, 4.69) is 18.7 Å². The van der Waals surface area contributed by atoms with Gasteiger partial charge in [-0.1, -0.05) is 32.0 Å². The van der Waals surface area contributed by atoms with E-state index in [0.717, 1.165) is 37.0 Å². The molecule has 88 valence electrons. The summed E-state index contributed by atoms with van der Waals surface area (Å²) in [7, 11) is 0. The second-order valence-electron chi connectivity index (χ2n) is 5.11. The topological polar surface area (TPSA) is 23.5 Å². The molecule has 0 spiro atoms. The Morgan fingerprint density at radius 1 is 1.25 bits per heavy atom. The number of phenols is 1. The Labute approximate surface area is 97.9 Å². The van der Waals surface area contributed by atoms with Crippen LogP contribution in [0.5, 0.6) is 5.75 Å². The van der Waals surface area contributed by atoms with Gasteiger partial charge < -0.3 is 5.11 Å². The summed E-state index contributed by atoms with van der Waals surface area (Å²) in [5.41, 5.74) is 1.05. The summed E-state index contributed by atoms with van der Waals surface area (Å²) in [6.45, 7) is 7.84. The van der Waals surface area contributed by atoms with Gasteiger partial charge in [0.05, 0.1) is 0 Å². The van der Waals surface area contributed by atoms with Crippen LogP contribution in [-0.4, -0.2) is 23.1 Å². The van der Waals surface area contributed by atoms with Crippen LogP contribution in [0.2, 0.25) is 0 Å². The number of para-hydroxylation sites is 1. The Morgan fingerprint density at radius 2 is 2.00 bits per heavy atom. The maximum Gasteiger partial charge on any atom is 0.120 e. The Hall–Kier alpha value is -1.02. The van der Waals surface area contributed by atoms with Crippen LogP contribution in [0, 0.1) is 11.8 Å². The van der Waals surface area contributed by atoms with E-state index >= 15 is 0 Å². The Kier molecular flexibility index (Phi) is 3.49. The van der Waals surface area contributed by atoms with Gasteiger partial charge in [-0.2, -0.15) is 0 Å². The predicted octanol–water partition coefficient (Wildman–Crippen LogP) is 2.87. The van der Waals surface area contributed by atoms with Crippen LogP contribution in [0.15, 0.2) is 24.3 Å².